The van der Waals surface area contributed by atoms with E-state index >= 15 is 0 Å². The minimum Gasteiger partial charge on any atom is -0.480 e. The Bertz CT molecular complexity index is 614. The van der Waals surface area contributed by atoms with E-state index in [-0.39, 0.29) is 24.7 Å². The topological polar surface area (TPSA) is 235 Å². The summed E-state index contributed by atoms with van der Waals surface area (Å²) < 4.78 is 0. The number of rotatable bonds is 13. The number of nitrogens with two attached hydrogens (primary N) is 3. The molecular weight excluding hydrogens is 406 g/mol. The maximum Gasteiger partial charge on any atom is 0.325 e. The lowest BCUT2D eigenvalue weighted by Gasteiger charge is -2.23. The average molecular weight is 436 g/mol. The van der Waals surface area contributed by atoms with E-state index in [1.54, 1.807) is 0 Å². The van der Waals surface area contributed by atoms with Crippen LogP contribution in [-0.4, -0.2) is 82.9 Å². The van der Waals surface area contributed by atoms with Gasteiger partial charge in [0.05, 0.1) is 12.6 Å². The number of aliphatic imine (C=N–C) groups is 1. The first-order valence-electron chi connectivity index (χ1n) is 8.70. The number of hydrogen-bond donors (Lipinski definition) is 9. The third kappa shape index (κ3) is 10.5. The van der Waals surface area contributed by atoms with Crippen LogP contribution in [0.1, 0.15) is 19.8 Å². The van der Waals surface area contributed by atoms with Gasteiger partial charge in [-0.15, -0.1) is 0 Å². The van der Waals surface area contributed by atoms with Crippen LogP contribution in [0.3, 0.4) is 0 Å². The fraction of sp³-hybridized carbons (Fsp3) is 0.667. The van der Waals surface area contributed by atoms with Gasteiger partial charge in [0, 0.05) is 12.3 Å². The quantitative estimate of drug-likeness (QED) is 0.0590. The van der Waals surface area contributed by atoms with Crippen LogP contribution in [0.25, 0.3) is 0 Å². The molecule has 0 aliphatic rings. The maximum atomic E-state index is 12.4. The third-order valence-electron chi connectivity index (χ3n) is 3.66. The zero-order chi connectivity index (χ0) is 22.6. The van der Waals surface area contributed by atoms with E-state index in [2.05, 4.69) is 33.6 Å². The minimum absolute atomic E-state index is 0.0223. The monoisotopic (exact) mass is 435 g/mol. The van der Waals surface area contributed by atoms with Gasteiger partial charge in [0.2, 0.25) is 17.7 Å². The fourth-order valence-corrected chi connectivity index (χ4v) is 2.14. The predicted molar refractivity (Wildman–Crippen MR) is 108 cm³/mol. The van der Waals surface area contributed by atoms with Crippen molar-refractivity contribution in [3.05, 3.63) is 0 Å². The van der Waals surface area contributed by atoms with Crippen molar-refractivity contribution in [3.8, 4) is 0 Å². The fourth-order valence-electron chi connectivity index (χ4n) is 1.98. The molecule has 13 nitrogen and oxygen atoms in total. The van der Waals surface area contributed by atoms with E-state index in [4.69, 9.17) is 22.3 Å². The van der Waals surface area contributed by atoms with Crippen molar-refractivity contribution < 1.29 is 29.4 Å². The Morgan fingerprint density at radius 1 is 1.03 bits per heavy atom. The Hall–Kier alpha value is -2.58. The molecule has 0 aliphatic heterocycles. The molecule has 0 saturated carbocycles. The highest BCUT2D eigenvalue weighted by molar-refractivity contribution is 7.80. The molecule has 0 heterocycles. The van der Waals surface area contributed by atoms with Crippen molar-refractivity contribution in [2.45, 2.75) is 43.9 Å². The molecule has 166 valence electrons. The summed E-state index contributed by atoms with van der Waals surface area (Å²) in [7, 11) is 0. The lowest BCUT2D eigenvalue weighted by Crippen LogP contribution is -2.58. The third-order valence-corrected chi connectivity index (χ3v) is 4.05. The predicted octanol–water partition coefficient (Wildman–Crippen LogP) is -4.15. The lowest BCUT2D eigenvalue weighted by molar-refractivity contribution is -0.141. The SMILES string of the molecule is CC(NC(=O)C(CCCN=C(N)N)NC(=O)C(CO)NC(=O)C(N)CS)C(=O)O. The number of carboxylic acid groups (broad SMARTS) is 1. The van der Waals surface area contributed by atoms with Crippen molar-refractivity contribution in [1.29, 1.82) is 0 Å². The summed E-state index contributed by atoms with van der Waals surface area (Å²) in [5.74, 6) is -3.69. The number of carbonyl (C=O) groups is 4. The molecular formula is C15H29N7O6S. The number of nitrogens with one attached hydrogen (secondary N) is 3. The van der Waals surface area contributed by atoms with Gasteiger partial charge >= 0.3 is 5.97 Å². The van der Waals surface area contributed by atoms with Crippen molar-refractivity contribution >= 4 is 42.3 Å². The largest absolute Gasteiger partial charge is 0.480 e. The molecule has 4 atom stereocenters. The first-order chi connectivity index (χ1) is 13.5. The molecule has 0 fully saturated rings. The van der Waals surface area contributed by atoms with E-state index in [0.29, 0.717) is 6.42 Å². The highest BCUT2D eigenvalue weighted by atomic mass is 32.1. The van der Waals surface area contributed by atoms with Gasteiger partial charge in [0.1, 0.15) is 18.1 Å². The molecule has 0 bridgehead atoms. The number of nitrogens with zero attached hydrogens (tertiary/aromatic N) is 1. The second-order valence-corrected chi connectivity index (χ2v) is 6.48. The molecule has 11 N–H and O–H groups in total. The summed E-state index contributed by atoms with van der Waals surface area (Å²) in [6.45, 7) is 0.687. The van der Waals surface area contributed by atoms with Gasteiger partial charge in [-0.3, -0.25) is 24.2 Å². The zero-order valence-corrected chi connectivity index (χ0v) is 16.9. The number of carboxylic acids is 1. The average Bonchev–Trinajstić information content (AvgIpc) is 2.66. The molecule has 0 aliphatic carbocycles. The van der Waals surface area contributed by atoms with Crippen LogP contribution in [-0.2, 0) is 19.2 Å². The summed E-state index contributed by atoms with van der Waals surface area (Å²) in [6.07, 6.45) is 0.362. The van der Waals surface area contributed by atoms with E-state index < -0.39 is 54.5 Å². The molecule has 14 heteroatoms. The van der Waals surface area contributed by atoms with Crippen LogP contribution in [0, 0.1) is 0 Å². The Morgan fingerprint density at radius 2 is 1.59 bits per heavy atom. The smallest absolute Gasteiger partial charge is 0.325 e. The molecule has 0 aromatic heterocycles. The first-order valence-corrected chi connectivity index (χ1v) is 9.33. The van der Waals surface area contributed by atoms with Crippen LogP contribution >= 0.6 is 12.6 Å². The van der Waals surface area contributed by atoms with Crippen molar-refractivity contribution in [2.24, 2.45) is 22.2 Å². The molecule has 0 spiro atoms. The summed E-state index contributed by atoms with van der Waals surface area (Å²) in [5.41, 5.74) is 15.9. The van der Waals surface area contributed by atoms with Gasteiger partial charge < -0.3 is 43.4 Å². The van der Waals surface area contributed by atoms with E-state index in [1.165, 1.54) is 6.92 Å². The Morgan fingerprint density at radius 3 is 2.07 bits per heavy atom. The number of hydrogen-bond acceptors (Lipinski definition) is 8. The van der Waals surface area contributed by atoms with Gasteiger partial charge in [-0.25, -0.2) is 0 Å². The van der Waals surface area contributed by atoms with Crippen LogP contribution in [0.2, 0.25) is 0 Å². The molecule has 4 unspecified atom stereocenters. The van der Waals surface area contributed by atoms with Crippen molar-refractivity contribution in [2.75, 3.05) is 18.9 Å². The summed E-state index contributed by atoms with van der Waals surface area (Å²) in [4.78, 5) is 51.2. The summed E-state index contributed by atoms with van der Waals surface area (Å²) >= 11 is 3.87. The molecule has 0 radical (unpaired) electrons. The highest BCUT2D eigenvalue weighted by Crippen LogP contribution is 2.01. The van der Waals surface area contributed by atoms with Gasteiger partial charge in [-0.1, -0.05) is 0 Å². The van der Waals surface area contributed by atoms with Crippen molar-refractivity contribution in [1.82, 2.24) is 16.0 Å². The second-order valence-electron chi connectivity index (χ2n) is 6.11. The first kappa shape index (κ1) is 26.4. The standard InChI is InChI=1S/C15H29N7O6S/c1-7(14(27)28)20-12(25)9(3-2-4-19-15(17)18)21-13(26)10(5-23)22-11(24)8(16)6-29/h7-10,23,29H,2-6,16H2,1H3,(H,20,25)(H,21,26)(H,22,24)(H,27,28)(H4,17,18,19). The summed E-state index contributed by atoms with van der Waals surface area (Å²) in [6, 6.07) is -4.70. The van der Waals surface area contributed by atoms with Gasteiger partial charge in [0.15, 0.2) is 5.96 Å². The zero-order valence-electron chi connectivity index (χ0n) is 16.0. The number of aliphatic hydroxyl groups is 1. The highest BCUT2D eigenvalue weighted by Gasteiger charge is 2.28. The molecule has 0 rings (SSSR count). The van der Waals surface area contributed by atoms with Gasteiger partial charge in [-0.05, 0) is 19.8 Å². The Kier molecular flexibility index (Phi) is 12.4. The van der Waals surface area contributed by atoms with Crippen LogP contribution in [0.4, 0.5) is 0 Å². The molecule has 0 saturated heterocycles. The minimum atomic E-state index is -1.36. The normalized spacial score (nSPS) is 14.6. The van der Waals surface area contributed by atoms with E-state index in [9.17, 15) is 24.3 Å². The number of aliphatic carboxylic acids is 1. The van der Waals surface area contributed by atoms with Crippen LogP contribution < -0.4 is 33.2 Å². The van der Waals surface area contributed by atoms with Crippen LogP contribution in [0.15, 0.2) is 4.99 Å². The number of guanidine groups is 1. The Balaban J connectivity index is 5.14. The molecule has 0 aromatic carbocycles. The van der Waals surface area contributed by atoms with Gasteiger partial charge in [0.25, 0.3) is 0 Å². The van der Waals surface area contributed by atoms with Crippen molar-refractivity contribution in [3.63, 3.8) is 0 Å². The van der Waals surface area contributed by atoms with E-state index in [0.717, 1.165) is 0 Å². The number of carbonyl (C=O) groups excluding carboxylic acids is 3. The Labute approximate surface area is 173 Å². The van der Waals surface area contributed by atoms with E-state index in [1.807, 2.05) is 0 Å². The molecule has 29 heavy (non-hydrogen) atoms. The summed E-state index contributed by atoms with van der Waals surface area (Å²) in [5, 5.41) is 25.2. The van der Waals surface area contributed by atoms with Crippen LogP contribution in [0.5, 0.6) is 0 Å². The second kappa shape index (κ2) is 13.6. The number of aliphatic hydroxyl groups excluding tert-OH is 1. The van der Waals surface area contributed by atoms with Gasteiger partial charge in [-0.2, -0.15) is 12.6 Å². The lowest BCUT2D eigenvalue weighted by atomic mass is 10.1. The molecule has 3 amide bonds. The molecule has 0 aromatic rings. The maximum absolute atomic E-state index is 12.4. The number of thiol groups is 1. The number of amides is 3.